The van der Waals surface area contributed by atoms with Gasteiger partial charge in [0.25, 0.3) is 0 Å². The number of pyridine rings is 1. The molecule has 0 aliphatic heterocycles. The molecule has 0 saturated heterocycles. The fraction of sp³-hybridized carbons (Fsp3) is 0.182. The molecular formula is C11H12N4S. The largest absolute Gasteiger partial charge is 0.255 e. The summed E-state index contributed by atoms with van der Waals surface area (Å²) in [6.45, 7) is 3.86. The van der Waals surface area contributed by atoms with Crippen molar-refractivity contribution in [1.29, 1.82) is 0 Å². The molecule has 2 aromatic heterocycles. The molecule has 0 amide bonds. The number of hydrogen-bond acceptors (Lipinski definition) is 5. The van der Waals surface area contributed by atoms with Crippen molar-refractivity contribution >= 4 is 22.2 Å². The van der Waals surface area contributed by atoms with Gasteiger partial charge in [0, 0.05) is 17.3 Å². The summed E-state index contributed by atoms with van der Waals surface area (Å²) in [6.07, 6.45) is 1.76. The van der Waals surface area contributed by atoms with Crippen LogP contribution in [0.4, 0.5) is 5.13 Å². The Morgan fingerprint density at radius 3 is 2.88 bits per heavy atom. The molecule has 0 atom stereocenters. The smallest absolute Gasteiger partial charge is 0.203 e. The van der Waals surface area contributed by atoms with Crippen LogP contribution in [0.1, 0.15) is 13.8 Å². The highest BCUT2D eigenvalue weighted by Gasteiger charge is 2.03. The normalized spacial score (nSPS) is 9.88. The van der Waals surface area contributed by atoms with Crippen molar-refractivity contribution in [2.24, 2.45) is 5.10 Å². The van der Waals surface area contributed by atoms with E-state index in [4.69, 9.17) is 0 Å². The van der Waals surface area contributed by atoms with Gasteiger partial charge in [0.2, 0.25) is 5.13 Å². The Bertz CT molecular complexity index is 486. The molecule has 0 aromatic carbocycles. The number of anilines is 1. The number of hydrazone groups is 1. The van der Waals surface area contributed by atoms with Crippen LogP contribution in [-0.2, 0) is 0 Å². The lowest BCUT2D eigenvalue weighted by Gasteiger charge is -1.95. The van der Waals surface area contributed by atoms with E-state index in [1.54, 1.807) is 6.20 Å². The van der Waals surface area contributed by atoms with Gasteiger partial charge in [0.05, 0.1) is 5.69 Å². The van der Waals surface area contributed by atoms with Gasteiger partial charge in [-0.2, -0.15) is 5.10 Å². The van der Waals surface area contributed by atoms with Crippen LogP contribution in [0.15, 0.2) is 34.9 Å². The Labute approximate surface area is 98.1 Å². The predicted molar refractivity (Wildman–Crippen MR) is 67.8 cm³/mol. The van der Waals surface area contributed by atoms with E-state index in [0.717, 1.165) is 22.2 Å². The Kier molecular flexibility index (Phi) is 3.26. The van der Waals surface area contributed by atoms with Crippen LogP contribution < -0.4 is 5.43 Å². The fourth-order valence-electron chi connectivity index (χ4n) is 1.12. The monoisotopic (exact) mass is 232 g/mol. The van der Waals surface area contributed by atoms with Crippen molar-refractivity contribution in [1.82, 2.24) is 9.97 Å². The highest BCUT2D eigenvalue weighted by atomic mass is 32.1. The molecule has 0 bridgehead atoms. The molecule has 2 aromatic rings. The minimum absolute atomic E-state index is 0.779. The number of nitrogens with zero attached hydrogens (tertiary/aromatic N) is 3. The minimum atomic E-state index is 0.779. The molecule has 1 N–H and O–H groups in total. The van der Waals surface area contributed by atoms with Crippen molar-refractivity contribution in [3.8, 4) is 11.4 Å². The molecule has 0 aliphatic rings. The number of rotatable bonds is 3. The van der Waals surface area contributed by atoms with Gasteiger partial charge in [0.1, 0.15) is 5.69 Å². The summed E-state index contributed by atoms with van der Waals surface area (Å²) in [5.74, 6) is 0. The van der Waals surface area contributed by atoms with E-state index in [9.17, 15) is 0 Å². The minimum Gasteiger partial charge on any atom is -0.255 e. The first-order chi connectivity index (χ1) is 7.75. The molecule has 0 aliphatic carbocycles. The lowest BCUT2D eigenvalue weighted by Crippen LogP contribution is -1.92. The van der Waals surface area contributed by atoms with Gasteiger partial charge in [-0.3, -0.25) is 10.4 Å². The first kappa shape index (κ1) is 10.8. The zero-order valence-electron chi connectivity index (χ0n) is 9.14. The second-order valence-corrected chi connectivity index (χ2v) is 4.28. The number of nitrogens with one attached hydrogen (secondary N) is 1. The average molecular weight is 232 g/mol. The number of thiazole rings is 1. The van der Waals surface area contributed by atoms with Gasteiger partial charge >= 0.3 is 0 Å². The maximum atomic E-state index is 4.39. The first-order valence-corrected chi connectivity index (χ1v) is 5.77. The van der Waals surface area contributed by atoms with Crippen molar-refractivity contribution in [2.75, 3.05) is 5.43 Å². The van der Waals surface area contributed by atoms with Crippen molar-refractivity contribution in [2.45, 2.75) is 13.8 Å². The van der Waals surface area contributed by atoms with Crippen molar-refractivity contribution in [3.63, 3.8) is 0 Å². The molecule has 16 heavy (non-hydrogen) atoms. The van der Waals surface area contributed by atoms with Gasteiger partial charge in [-0.15, -0.1) is 11.3 Å². The van der Waals surface area contributed by atoms with Gasteiger partial charge < -0.3 is 0 Å². The molecule has 2 heterocycles. The van der Waals surface area contributed by atoms with Gasteiger partial charge in [-0.1, -0.05) is 6.07 Å². The van der Waals surface area contributed by atoms with Crippen LogP contribution in [0, 0.1) is 0 Å². The first-order valence-electron chi connectivity index (χ1n) is 4.89. The zero-order valence-corrected chi connectivity index (χ0v) is 9.95. The molecule has 0 spiro atoms. The highest BCUT2D eigenvalue weighted by Crippen LogP contribution is 2.22. The summed E-state index contributed by atoms with van der Waals surface area (Å²) < 4.78 is 0. The Morgan fingerprint density at radius 1 is 1.31 bits per heavy atom. The van der Waals surface area contributed by atoms with E-state index in [1.165, 1.54) is 11.3 Å². The standard InChI is InChI=1S/C11H12N4S/c1-8(2)14-15-11-13-10(7-16-11)9-5-3-4-6-12-9/h3-7H,1-2H3,(H,13,15). The maximum absolute atomic E-state index is 4.39. The summed E-state index contributed by atoms with van der Waals surface area (Å²) in [5, 5.41) is 6.84. The third kappa shape index (κ3) is 2.64. The Balaban J connectivity index is 2.17. The van der Waals surface area contributed by atoms with E-state index < -0.39 is 0 Å². The molecule has 0 radical (unpaired) electrons. The average Bonchev–Trinajstić information content (AvgIpc) is 2.76. The molecule has 82 valence electrons. The van der Waals surface area contributed by atoms with E-state index in [1.807, 2.05) is 37.4 Å². The molecule has 5 heteroatoms. The van der Waals surface area contributed by atoms with Crippen molar-refractivity contribution < 1.29 is 0 Å². The van der Waals surface area contributed by atoms with Gasteiger partial charge in [0.15, 0.2) is 0 Å². The van der Waals surface area contributed by atoms with Crippen LogP contribution >= 0.6 is 11.3 Å². The van der Waals surface area contributed by atoms with Crippen LogP contribution in [0.3, 0.4) is 0 Å². The van der Waals surface area contributed by atoms with Crippen LogP contribution in [0.5, 0.6) is 0 Å². The molecule has 2 rings (SSSR count). The summed E-state index contributed by atoms with van der Waals surface area (Å²) in [4.78, 5) is 8.63. The maximum Gasteiger partial charge on any atom is 0.203 e. The molecule has 4 nitrogen and oxygen atoms in total. The molecular weight excluding hydrogens is 220 g/mol. The second kappa shape index (κ2) is 4.85. The summed E-state index contributed by atoms with van der Waals surface area (Å²) in [6, 6.07) is 5.77. The summed E-state index contributed by atoms with van der Waals surface area (Å²) in [7, 11) is 0. The lowest BCUT2D eigenvalue weighted by atomic mass is 10.3. The fourth-order valence-corrected chi connectivity index (χ4v) is 1.76. The SMILES string of the molecule is CC(C)=NNc1nc(-c2ccccn2)cs1. The molecule has 0 saturated carbocycles. The lowest BCUT2D eigenvalue weighted by molar-refractivity contribution is 1.24. The summed E-state index contributed by atoms with van der Waals surface area (Å²) >= 11 is 1.52. The number of hydrogen-bond donors (Lipinski definition) is 1. The number of aromatic nitrogens is 2. The van der Waals surface area contributed by atoms with Crippen molar-refractivity contribution in [3.05, 3.63) is 29.8 Å². The Morgan fingerprint density at radius 2 is 2.19 bits per heavy atom. The molecule has 0 unspecified atom stereocenters. The highest BCUT2D eigenvalue weighted by molar-refractivity contribution is 7.14. The van der Waals surface area contributed by atoms with Crippen LogP contribution in [0.25, 0.3) is 11.4 Å². The second-order valence-electron chi connectivity index (χ2n) is 3.42. The Hall–Kier alpha value is -1.75. The van der Waals surface area contributed by atoms with Gasteiger partial charge in [-0.25, -0.2) is 4.98 Å². The van der Waals surface area contributed by atoms with Crippen LogP contribution in [0.2, 0.25) is 0 Å². The molecule has 0 fully saturated rings. The van der Waals surface area contributed by atoms with E-state index in [-0.39, 0.29) is 0 Å². The summed E-state index contributed by atoms with van der Waals surface area (Å²) in [5.41, 5.74) is 5.62. The third-order valence-electron chi connectivity index (χ3n) is 1.81. The third-order valence-corrected chi connectivity index (χ3v) is 2.55. The van der Waals surface area contributed by atoms with E-state index in [2.05, 4.69) is 20.5 Å². The van der Waals surface area contributed by atoms with Crippen LogP contribution in [-0.4, -0.2) is 15.7 Å². The zero-order chi connectivity index (χ0) is 11.4. The topological polar surface area (TPSA) is 50.2 Å². The quantitative estimate of drug-likeness (QED) is 0.653. The van der Waals surface area contributed by atoms with Gasteiger partial charge in [-0.05, 0) is 26.0 Å². The van der Waals surface area contributed by atoms with E-state index in [0.29, 0.717) is 0 Å². The van der Waals surface area contributed by atoms with E-state index >= 15 is 0 Å². The predicted octanol–water partition coefficient (Wildman–Crippen LogP) is 3.01.